The molecular weight excluding hydrogens is 328 g/mol. The molecule has 3 rings (SSSR count). The van der Waals surface area contributed by atoms with Crippen molar-refractivity contribution >= 4 is 17.4 Å². The van der Waals surface area contributed by atoms with Gasteiger partial charge in [-0.2, -0.15) is 0 Å². The first-order chi connectivity index (χ1) is 12.1. The van der Waals surface area contributed by atoms with Crippen molar-refractivity contribution in [3.63, 3.8) is 0 Å². The summed E-state index contributed by atoms with van der Waals surface area (Å²) < 4.78 is 32.2. The number of nitrogens with zero attached hydrogens (tertiary/aromatic N) is 2. The molecule has 1 saturated heterocycles. The molecule has 1 heterocycles. The lowest BCUT2D eigenvalue weighted by atomic mass is 10.2. The quantitative estimate of drug-likeness (QED) is 0.926. The van der Waals surface area contributed by atoms with Gasteiger partial charge in [0.15, 0.2) is 0 Å². The Morgan fingerprint density at radius 3 is 2.52 bits per heavy atom. The monoisotopic (exact) mass is 347 g/mol. The van der Waals surface area contributed by atoms with Gasteiger partial charge < -0.3 is 19.9 Å². The van der Waals surface area contributed by atoms with E-state index < -0.39 is 17.7 Å². The third-order valence-electron chi connectivity index (χ3n) is 4.16. The van der Waals surface area contributed by atoms with Gasteiger partial charge in [0.2, 0.25) is 0 Å². The minimum absolute atomic E-state index is 0.155. The Morgan fingerprint density at radius 1 is 1.08 bits per heavy atom. The maximum atomic E-state index is 13.6. The molecule has 2 amide bonds. The predicted octanol–water partition coefficient (Wildman–Crippen LogP) is 3.33. The Hall–Kier alpha value is -2.83. The van der Waals surface area contributed by atoms with E-state index in [4.69, 9.17) is 4.74 Å². The lowest BCUT2D eigenvalue weighted by Crippen LogP contribution is -2.50. The van der Waals surface area contributed by atoms with Crippen LogP contribution in [-0.2, 0) is 0 Å². The number of carbonyl (C=O) groups is 1. The van der Waals surface area contributed by atoms with Crippen molar-refractivity contribution in [1.29, 1.82) is 0 Å². The largest absolute Gasteiger partial charge is 0.495 e. The third-order valence-corrected chi connectivity index (χ3v) is 4.16. The maximum Gasteiger partial charge on any atom is 0.322 e. The number of benzene rings is 2. The number of methoxy groups -OCH3 is 1. The average Bonchev–Trinajstić information content (AvgIpc) is 2.64. The minimum atomic E-state index is -0.664. The highest BCUT2D eigenvalue weighted by molar-refractivity contribution is 5.89. The highest BCUT2D eigenvalue weighted by Crippen LogP contribution is 2.28. The number of halogens is 2. The lowest BCUT2D eigenvalue weighted by Gasteiger charge is -2.36. The fraction of sp³-hybridized carbons (Fsp3) is 0.278. The van der Waals surface area contributed by atoms with Gasteiger partial charge in [0.25, 0.3) is 0 Å². The van der Waals surface area contributed by atoms with Gasteiger partial charge in [-0.1, -0.05) is 12.1 Å². The maximum absolute atomic E-state index is 13.6. The van der Waals surface area contributed by atoms with E-state index >= 15 is 0 Å². The Kier molecular flexibility index (Phi) is 5.02. The van der Waals surface area contributed by atoms with E-state index in [0.29, 0.717) is 26.2 Å². The van der Waals surface area contributed by atoms with E-state index in [1.54, 1.807) is 12.0 Å². The molecule has 132 valence electrons. The fourth-order valence-corrected chi connectivity index (χ4v) is 2.83. The van der Waals surface area contributed by atoms with E-state index in [1.165, 1.54) is 0 Å². The van der Waals surface area contributed by atoms with Gasteiger partial charge in [-0.25, -0.2) is 13.6 Å². The zero-order valence-electron chi connectivity index (χ0n) is 13.8. The Morgan fingerprint density at radius 2 is 1.80 bits per heavy atom. The van der Waals surface area contributed by atoms with Gasteiger partial charge in [-0.15, -0.1) is 0 Å². The number of carbonyl (C=O) groups excluding carboxylic acids is 1. The van der Waals surface area contributed by atoms with Crippen molar-refractivity contribution in [2.45, 2.75) is 0 Å². The van der Waals surface area contributed by atoms with Crippen molar-refractivity contribution in [2.75, 3.05) is 43.5 Å². The second kappa shape index (κ2) is 7.38. The van der Waals surface area contributed by atoms with Crippen molar-refractivity contribution in [2.24, 2.45) is 0 Å². The number of piperazine rings is 1. The average molecular weight is 347 g/mol. The van der Waals surface area contributed by atoms with Crippen LogP contribution in [0, 0.1) is 11.6 Å². The van der Waals surface area contributed by atoms with Gasteiger partial charge in [-0.3, -0.25) is 0 Å². The van der Waals surface area contributed by atoms with Crippen LogP contribution in [-0.4, -0.2) is 44.2 Å². The zero-order valence-corrected chi connectivity index (χ0v) is 13.8. The van der Waals surface area contributed by atoms with E-state index in [-0.39, 0.29) is 5.69 Å². The molecule has 25 heavy (non-hydrogen) atoms. The van der Waals surface area contributed by atoms with Crippen LogP contribution in [0.3, 0.4) is 0 Å². The predicted molar refractivity (Wildman–Crippen MR) is 92.2 cm³/mol. The first-order valence-corrected chi connectivity index (χ1v) is 7.97. The molecule has 0 atom stereocenters. The molecule has 1 aliphatic heterocycles. The number of para-hydroxylation sites is 2. The van der Waals surface area contributed by atoms with Gasteiger partial charge in [0.1, 0.15) is 17.4 Å². The number of hydrogen-bond donors (Lipinski definition) is 1. The number of rotatable bonds is 3. The minimum Gasteiger partial charge on any atom is -0.495 e. The van der Waals surface area contributed by atoms with E-state index in [0.717, 1.165) is 29.6 Å². The first-order valence-electron chi connectivity index (χ1n) is 7.97. The number of anilines is 2. The standard InChI is InChI=1S/C18H19F2N3O2/c1-25-17-5-3-2-4-16(17)22-8-10-23(11-9-22)18(24)21-15-12-13(19)6-7-14(15)20/h2-7,12H,8-11H2,1H3,(H,21,24). The Bertz CT molecular complexity index is 762. The highest BCUT2D eigenvalue weighted by Gasteiger charge is 2.23. The van der Waals surface area contributed by atoms with Crippen LogP contribution in [0.2, 0.25) is 0 Å². The topological polar surface area (TPSA) is 44.8 Å². The van der Waals surface area contributed by atoms with Crippen LogP contribution in [0.1, 0.15) is 0 Å². The fourth-order valence-electron chi connectivity index (χ4n) is 2.83. The summed E-state index contributed by atoms with van der Waals surface area (Å²) in [5.41, 5.74) is 0.818. The van der Waals surface area contributed by atoms with Crippen molar-refractivity contribution in [1.82, 2.24) is 4.90 Å². The molecule has 0 saturated carbocycles. The number of amides is 2. The van der Waals surface area contributed by atoms with E-state index in [9.17, 15) is 13.6 Å². The number of nitrogens with one attached hydrogen (secondary N) is 1. The summed E-state index contributed by atoms with van der Waals surface area (Å²) in [6.45, 7) is 2.19. The summed E-state index contributed by atoms with van der Waals surface area (Å²) >= 11 is 0. The summed E-state index contributed by atoms with van der Waals surface area (Å²) in [4.78, 5) is 16.0. The summed E-state index contributed by atoms with van der Waals surface area (Å²) in [5, 5.41) is 2.43. The van der Waals surface area contributed by atoms with Crippen molar-refractivity contribution in [3.8, 4) is 5.75 Å². The molecule has 0 bridgehead atoms. The molecular formula is C18H19F2N3O2. The molecule has 1 N–H and O–H groups in total. The van der Waals surface area contributed by atoms with E-state index in [2.05, 4.69) is 10.2 Å². The van der Waals surface area contributed by atoms with Crippen molar-refractivity contribution < 1.29 is 18.3 Å². The lowest BCUT2D eigenvalue weighted by molar-refractivity contribution is 0.208. The molecule has 2 aromatic rings. The molecule has 1 aliphatic rings. The number of ether oxygens (including phenoxy) is 1. The molecule has 1 fully saturated rings. The second-order valence-electron chi connectivity index (χ2n) is 5.70. The van der Waals surface area contributed by atoms with Crippen LogP contribution >= 0.6 is 0 Å². The Labute approximate surface area is 144 Å². The summed E-state index contributed by atoms with van der Waals surface area (Å²) in [6.07, 6.45) is 0. The third kappa shape index (κ3) is 3.81. The second-order valence-corrected chi connectivity index (χ2v) is 5.70. The van der Waals surface area contributed by atoms with Crippen LogP contribution in [0.15, 0.2) is 42.5 Å². The van der Waals surface area contributed by atoms with Gasteiger partial charge in [-0.05, 0) is 24.3 Å². The molecule has 0 aromatic heterocycles. The number of urea groups is 1. The van der Waals surface area contributed by atoms with Gasteiger partial charge >= 0.3 is 6.03 Å². The molecule has 0 radical (unpaired) electrons. The molecule has 0 unspecified atom stereocenters. The summed E-state index contributed by atoms with van der Waals surface area (Å²) in [5.74, 6) is -0.484. The molecule has 7 heteroatoms. The Balaban J connectivity index is 1.62. The smallest absolute Gasteiger partial charge is 0.322 e. The van der Waals surface area contributed by atoms with Crippen LogP contribution in [0.5, 0.6) is 5.75 Å². The van der Waals surface area contributed by atoms with Crippen LogP contribution in [0.4, 0.5) is 25.0 Å². The summed E-state index contributed by atoms with van der Waals surface area (Å²) in [7, 11) is 1.62. The van der Waals surface area contributed by atoms with Gasteiger partial charge in [0.05, 0.1) is 18.5 Å². The normalized spacial score (nSPS) is 14.4. The molecule has 0 spiro atoms. The van der Waals surface area contributed by atoms with Crippen molar-refractivity contribution in [3.05, 3.63) is 54.1 Å². The van der Waals surface area contributed by atoms with E-state index in [1.807, 2.05) is 24.3 Å². The summed E-state index contributed by atoms with van der Waals surface area (Å²) in [6, 6.07) is 10.2. The molecule has 2 aromatic carbocycles. The highest BCUT2D eigenvalue weighted by atomic mass is 19.1. The van der Waals surface area contributed by atoms with Gasteiger partial charge in [0, 0.05) is 32.2 Å². The van der Waals surface area contributed by atoms with Crippen LogP contribution in [0.25, 0.3) is 0 Å². The molecule has 0 aliphatic carbocycles. The first kappa shape index (κ1) is 17.0. The number of hydrogen-bond acceptors (Lipinski definition) is 3. The zero-order chi connectivity index (χ0) is 17.8. The molecule has 5 nitrogen and oxygen atoms in total. The van der Waals surface area contributed by atoms with Crippen LogP contribution < -0.4 is 15.0 Å². The SMILES string of the molecule is COc1ccccc1N1CCN(C(=O)Nc2cc(F)ccc2F)CC1.